The minimum absolute atomic E-state index is 0.140. The smallest absolute Gasteiger partial charge is 0.248 e. The molecule has 0 aromatic carbocycles. The fourth-order valence-corrected chi connectivity index (χ4v) is 3.25. The van der Waals surface area contributed by atoms with Crippen LogP contribution < -0.4 is 0 Å². The Kier molecular flexibility index (Phi) is 4.78. The zero-order chi connectivity index (χ0) is 15.5. The average molecular weight is 306 g/mol. The number of rotatable bonds is 5. The second-order valence-corrected chi connectivity index (χ2v) is 6.70. The molecule has 2 fully saturated rings. The maximum absolute atomic E-state index is 12.1. The van der Waals surface area contributed by atoms with E-state index in [1.165, 1.54) is 5.56 Å². The molecule has 6 heteroatoms. The van der Waals surface area contributed by atoms with Crippen LogP contribution in [0.1, 0.15) is 18.4 Å². The lowest BCUT2D eigenvalue weighted by molar-refractivity contribution is -0.145. The Balaban J connectivity index is 1.33. The molecule has 2 aliphatic rings. The molecule has 0 N–H and O–H groups in total. The Hall–Kier alpha value is -1.40. The van der Waals surface area contributed by atoms with Gasteiger partial charge in [0.05, 0.1) is 12.3 Å². The van der Waals surface area contributed by atoms with E-state index < -0.39 is 0 Å². The number of amides is 1. The minimum atomic E-state index is 0.140. The summed E-state index contributed by atoms with van der Waals surface area (Å²) in [6.07, 6.45) is 7.29. The molecule has 2 aliphatic heterocycles. The van der Waals surface area contributed by atoms with Crippen LogP contribution in [0.25, 0.3) is 0 Å². The van der Waals surface area contributed by atoms with E-state index in [0.29, 0.717) is 5.92 Å². The fraction of sp³-hybridized carbons (Fsp3) is 0.750. The highest BCUT2D eigenvalue weighted by Crippen LogP contribution is 2.21. The van der Waals surface area contributed by atoms with Gasteiger partial charge in [-0.05, 0) is 37.8 Å². The van der Waals surface area contributed by atoms with Crippen molar-refractivity contribution in [3.63, 3.8) is 0 Å². The molecule has 1 aromatic heterocycles. The van der Waals surface area contributed by atoms with Crippen molar-refractivity contribution >= 4 is 5.91 Å². The molecule has 1 amide bonds. The molecule has 0 radical (unpaired) electrons. The van der Waals surface area contributed by atoms with Crippen LogP contribution in [0.3, 0.4) is 0 Å². The third-order valence-electron chi connectivity index (χ3n) is 4.70. The molecule has 0 atom stereocenters. The third kappa shape index (κ3) is 3.87. The van der Waals surface area contributed by atoms with Crippen LogP contribution in [-0.2, 0) is 23.0 Å². The summed E-state index contributed by atoms with van der Waals surface area (Å²) in [5.74, 6) is 0.706. The van der Waals surface area contributed by atoms with Gasteiger partial charge in [-0.25, -0.2) is 0 Å². The topological polar surface area (TPSA) is 50.6 Å². The van der Waals surface area contributed by atoms with Gasteiger partial charge < -0.3 is 14.5 Å². The Bertz CT molecular complexity index is 502. The summed E-state index contributed by atoms with van der Waals surface area (Å²) in [4.78, 5) is 16.3. The summed E-state index contributed by atoms with van der Waals surface area (Å²) in [6.45, 7) is 4.08. The lowest BCUT2D eigenvalue weighted by Crippen LogP contribution is -2.52. The first-order chi connectivity index (χ1) is 10.6. The van der Waals surface area contributed by atoms with Crippen LogP contribution in [0.15, 0.2) is 12.4 Å². The molecule has 3 rings (SSSR count). The Morgan fingerprint density at radius 1 is 1.32 bits per heavy atom. The van der Waals surface area contributed by atoms with E-state index in [9.17, 15) is 4.79 Å². The summed E-state index contributed by atoms with van der Waals surface area (Å²) in [7, 11) is 4.06. The quantitative estimate of drug-likeness (QED) is 0.796. The highest BCUT2D eigenvalue weighted by molar-refractivity contribution is 5.78. The van der Waals surface area contributed by atoms with Crippen LogP contribution in [0.2, 0.25) is 0 Å². The molecule has 1 aromatic rings. The summed E-state index contributed by atoms with van der Waals surface area (Å²) >= 11 is 0. The predicted octanol–water partition coefficient (Wildman–Crippen LogP) is 0.532. The fourth-order valence-electron chi connectivity index (χ4n) is 3.25. The van der Waals surface area contributed by atoms with E-state index >= 15 is 0 Å². The number of likely N-dealkylation sites (tertiary alicyclic amines) is 2. The van der Waals surface area contributed by atoms with Gasteiger partial charge in [-0.2, -0.15) is 5.10 Å². The number of piperidine rings is 1. The number of hydrogen-bond donors (Lipinski definition) is 0. The van der Waals surface area contributed by atoms with Crippen molar-refractivity contribution in [3.8, 4) is 0 Å². The standard InChI is InChI=1S/C16H26N4O2/c1-18-5-3-15(4-6-18)22-12-16(21)20-10-14(11-20)7-13-8-17-19(2)9-13/h8-9,14-15H,3-7,10-12H2,1-2H3. The van der Waals surface area contributed by atoms with Crippen LogP contribution in [-0.4, -0.2) is 71.4 Å². The number of ether oxygens (including phenoxy) is 1. The summed E-state index contributed by atoms with van der Waals surface area (Å²) < 4.78 is 7.60. The van der Waals surface area contributed by atoms with Gasteiger partial charge in [0.15, 0.2) is 0 Å². The average Bonchev–Trinajstić information content (AvgIpc) is 2.87. The van der Waals surface area contributed by atoms with E-state index in [-0.39, 0.29) is 18.6 Å². The first-order valence-corrected chi connectivity index (χ1v) is 8.15. The highest BCUT2D eigenvalue weighted by Gasteiger charge is 2.31. The second kappa shape index (κ2) is 6.79. The lowest BCUT2D eigenvalue weighted by atomic mass is 9.93. The predicted molar refractivity (Wildman–Crippen MR) is 83.5 cm³/mol. The lowest BCUT2D eigenvalue weighted by Gasteiger charge is -2.39. The van der Waals surface area contributed by atoms with Crippen molar-refractivity contribution in [3.05, 3.63) is 18.0 Å². The molecule has 0 aliphatic carbocycles. The largest absolute Gasteiger partial charge is 0.368 e. The second-order valence-electron chi connectivity index (χ2n) is 6.70. The van der Waals surface area contributed by atoms with Crippen LogP contribution in [0.5, 0.6) is 0 Å². The number of nitrogens with zero attached hydrogens (tertiary/aromatic N) is 4. The number of aromatic nitrogens is 2. The molecular formula is C16H26N4O2. The van der Waals surface area contributed by atoms with Crippen LogP contribution in [0, 0.1) is 5.92 Å². The van der Waals surface area contributed by atoms with Gasteiger partial charge in [0.25, 0.3) is 0 Å². The molecule has 122 valence electrons. The molecule has 0 spiro atoms. The van der Waals surface area contributed by atoms with Crippen LogP contribution >= 0.6 is 0 Å². The van der Waals surface area contributed by atoms with Crippen molar-refractivity contribution in [2.45, 2.75) is 25.4 Å². The maximum atomic E-state index is 12.1. The molecule has 0 bridgehead atoms. The van der Waals surface area contributed by atoms with E-state index in [1.807, 2.05) is 29.0 Å². The summed E-state index contributed by atoms with van der Waals surface area (Å²) in [5.41, 5.74) is 1.25. The van der Waals surface area contributed by atoms with Gasteiger partial charge in [-0.15, -0.1) is 0 Å². The summed E-state index contributed by atoms with van der Waals surface area (Å²) in [5, 5.41) is 4.18. The molecular weight excluding hydrogens is 280 g/mol. The van der Waals surface area contributed by atoms with E-state index in [2.05, 4.69) is 17.0 Å². The van der Waals surface area contributed by atoms with E-state index in [0.717, 1.165) is 45.4 Å². The first kappa shape index (κ1) is 15.5. The molecule has 3 heterocycles. The van der Waals surface area contributed by atoms with Crippen LogP contribution in [0.4, 0.5) is 0 Å². The van der Waals surface area contributed by atoms with Gasteiger partial charge in [0.1, 0.15) is 6.61 Å². The third-order valence-corrected chi connectivity index (χ3v) is 4.70. The van der Waals surface area contributed by atoms with Gasteiger partial charge in [0.2, 0.25) is 5.91 Å². The number of aryl methyl sites for hydroxylation is 1. The number of hydrogen-bond acceptors (Lipinski definition) is 4. The normalized spacial score (nSPS) is 21.1. The molecule has 0 saturated carbocycles. The molecule has 6 nitrogen and oxygen atoms in total. The zero-order valence-corrected chi connectivity index (χ0v) is 13.6. The molecule has 0 unspecified atom stereocenters. The van der Waals surface area contributed by atoms with E-state index in [1.54, 1.807) is 0 Å². The van der Waals surface area contributed by atoms with Gasteiger partial charge in [-0.3, -0.25) is 9.48 Å². The maximum Gasteiger partial charge on any atom is 0.248 e. The Morgan fingerprint density at radius 3 is 2.68 bits per heavy atom. The number of carbonyl (C=O) groups is 1. The van der Waals surface area contributed by atoms with Crippen molar-refractivity contribution in [2.24, 2.45) is 13.0 Å². The van der Waals surface area contributed by atoms with Crippen molar-refractivity contribution in [2.75, 3.05) is 39.8 Å². The highest BCUT2D eigenvalue weighted by atomic mass is 16.5. The SMILES string of the molecule is CN1CCC(OCC(=O)N2CC(Cc3cnn(C)c3)C2)CC1. The number of carbonyl (C=O) groups excluding carboxylic acids is 1. The van der Waals surface area contributed by atoms with E-state index in [4.69, 9.17) is 4.74 Å². The Morgan fingerprint density at radius 2 is 2.05 bits per heavy atom. The van der Waals surface area contributed by atoms with Gasteiger partial charge in [-0.1, -0.05) is 0 Å². The van der Waals surface area contributed by atoms with Gasteiger partial charge in [0, 0.05) is 39.4 Å². The van der Waals surface area contributed by atoms with Gasteiger partial charge >= 0.3 is 0 Å². The zero-order valence-electron chi connectivity index (χ0n) is 13.6. The first-order valence-electron chi connectivity index (χ1n) is 8.15. The minimum Gasteiger partial charge on any atom is -0.368 e. The Labute approximate surface area is 132 Å². The summed E-state index contributed by atoms with van der Waals surface area (Å²) in [6, 6.07) is 0. The van der Waals surface area contributed by atoms with Crippen molar-refractivity contribution in [1.29, 1.82) is 0 Å². The monoisotopic (exact) mass is 306 g/mol. The molecule has 2 saturated heterocycles. The molecule has 22 heavy (non-hydrogen) atoms. The van der Waals surface area contributed by atoms with Crippen molar-refractivity contribution < 1.29 is 9.53 Å². The van der Waals surface area contributed by atoms with Crippen molar-refractivity contribution in [1.82, 2.24) is 19.6 Å².